The number of benzene rings is 2. The number of amides is 4. The van der Waals surface area contributed by atoms with Crippen molar-refractivity contribution in [1.29, 1.82) is 0 Å². The second-order valence-electron chi connectivity index (χ2n) is 7.12. The Hall–Kier alpha value is -4.01. The smallest absolute Gasteiger partial charge is 0.328 e. The molecule has 3 aromatic rings. The molecule has 4 rings (SSSR count). The number of H-pyrrole nitrogens is 1. The SMILES string of the molecule is CC(=O)Nc1ccc(C2NC(=O)N=C(C)C2C(=O)Nc2ccc3[nH]ncc3c2)cc1. The number of fused-ring (bicyclic) bond motifs is 1. The third kappa shape index (κ3) is 3.90. The summed E-state index contributed by atoms with van der Waals surface area (Å²) < 4.78 is 0. The molecule has 0 spiro atoms. The van der Waals surface area contributed by atoms with Crippen LogP contribution in [0.25, 0.3) is 10.9 Å². The molecule has 2 aromatic carbocycles. The van der Waals surface area contributed by atoms with E-state index in [0.717, 1.165) is 16.5 Å². The first kappa shape index (κ1) is 19.3. The van der Waals surface area contributed by atoms with Crippen molar-refractivity contribution >= 4 is 45.8 Å². The van der Waals surface area contributed by atoms with E-state index in [1.54, 1.807) is 43.5 Å². The number of carbonyl (C=O) groups is 3. The molecule has 0 bridgehead atoms. The predicted molar refractivity (Wildman–Crippen MR) is 113 cm³/mol. The third-order valence-electron chi connectivity index (χ3n) is 4.92. The number of anilines is 2. The van der Waals surface area contributed by atoms with Gasteiger partial charge in [-0.05, 0) is 42.8 Å². The number of hydrogen-bond acceptors (Lipinski definition) is 4. The van der Waals surface area contributed by atoms with E-state index < -0.39 is 18.0 Å². The number of carbonyl (C=O) groups excluding carboxylic acids is 3. The molecule has 2 unspecified atom stereocenters. The summed E-state index contributed by atoms with van der Waals surface area (Å²) >= 11 is 0. The number of aromatic nitrogens is 2. The van der Waals surface area contributed by atoms with Crippen molar-refractivity contribution in [3.05, 3.63) is 54.2 Å². The Balaban J connectivity index is 1.60. The van der Waals surface area contributed by atoms with Crippen LogP contribution in [-0.2, 0) is 9.59 Å². The van der Waals surface area contributed by atoms with Crippen molar-refractivity contribution in [3.63, 3.8) is 0 Å². The molecule has 9 nitrogen and oxygen atoms in total. The standard InChI is InChI=1S/C21H20N6O3/c1-11-18(20(29)25-16-7-8-17-14(9-16)10-22-27-17)19(26-21(30)23-11)13-3-5-15(6-4-13)24-12(2)28/h3-10,18-19H,1-2H3,(H,22,27)(H,24,28)(H,25,29)(H,26,30). The fourth-order valence-electron chi connectivity index (χ4n) is 3.55. The zero-order chi connectivity index (χ0) is 21.3. The van der Waals surface area contributed by atoms with Gasteiger partial charge in [-0.2, -0.15) is 5.10 Å². The van der Waals surface area contributed by atoms with Gasteiger partial charge in [0.1, 0.15) is 5.92 Å². The highest BCUT2D eigenvalue weighted by Gasteiger charge is 2.36. The minimum Gasteiger partial charge on any atom is -0.328 e. The Bertz CT molecular complexity index is 1160. The summed E-state index contributed by atoms with van der Waals surface area (Å²) in [6.45, 7) is 3.09. The molecule has 0 saturated carbocycles. The fraction of sp³-hybridized carbons (Fsp3) is 0.190. The number of urea groups is 1. The molecular weight excluding hydrogens is 384 g/mol. The molecule has 4 amide bonds. The summed E-state index contributed by atoms with van der Waals surface area (Å²) in [7, 11) is 0. The molecule has 0 aliphatic carbocycles. The molecular formula is C21H20N6O3. The van der Waals surface area contributed by atoms with Crippen molar-refractivity contribution in [2.45, 2.75) is 19.9 Å². The van der Waals surface area contributed by atoms with E-state index in [2.05, 4.69) is 31.1 Å². The lowest BCUT2D eigenvalue weighted by Crippen LogP contribution is -2.45. The van der Waals surface area contributed by atoms with Gasteiger partial charge < -0.3 is 16.0 Å². The number of nitrogens with zero attached hydrogens (tertiary/aromatic N) is 2. The second kappa shape index (κ2) is 7.78. The highest BCUT2D eigenvalue weighted by molar-refractivity contribution is 6.13. The van der Waals surface area contributed by atoms with Gasteiger partial charge in [0, 0.05) is 29.4 Å². The van der Waals surface area contributed by atoms with Crippen LogP contribution < -0.4 is 16.0 Å². The normalized spacial score (nSPS) is 18.5. The lowest BCUT2D eigenvalue weighted by atomic mass is 9.87. The first-order chi connectivity index (χ1) is 14.4. The van der Waals surface area contributed by atoms with Gasteiger partial charge in [0.25, 0.3) is 0 Å². The molecule has 1 aromatic heterocycles. The summed E-state index contributed by atoms with van der Waals surface area (Å²) in [5, 5.41) is 16.1. The highest BCUT2D eigenvalue weighted by atomic mass is 16.2. The average molecular weight is 404 g/mol. The number of hydrogen-bond donors (Lipinski definition) is 4. The summed E-state index contributed by atoms with van der Waals surface area (Å²) in [5.41, 5.74) is 3.29. The van der Waals surface area contributed by atoms with Gasteiger partial charge in [-0.15, -0.1) is 0 Å². The first-order valence-corrected chi connectivity index (χ1v) is 9.38. The summed E-state index contributed by atoms with van der Waals surface area (Å²) in [4.78, 5) is 40.3. The van der Waals surface area contributed by atoms with E-state index in [1.807, 2.05) is 12.1 Å². The van der Waals surface area contributed by atoms with Gasteiger partial charge in [0.15, 0.2) is 0 Å². The zero-order valence-corrected chi connectivity index (χ0v) is 16.4. The number of aliphatic imine (C=N–C) groups is 1. The van der Waals surface area contributed by atoms with E-state index in [1.165, 1.54) is 6.92 Å². The average Bonchev–Trinajstić information content (AvgIpc) is 3.15. The number of aromatic amines is 1. The maximum absolute atomic E-state index is 13.1. The Kier molecular flexibility index (Phi) is 5.01. The molecule has 9 heteroatoms. The highest BCUT2D eigenvalue weighted by Crippen LogP contribution is 2.29. The van der Waals surface area contributed by atoms with Crippen LogP contribution in [0.1, 0.15) is 25.5 Å². The molecule has 2 heterocycles. The van der Waals surface area contributed by atoms with Crippen LogP contribution >= 0.6 is 0 Å². The van der Waals surface area contributed by atoms with Crippen molar-refractivity contribution < 1.29 is 14.4 Å². The maximum Gasteiger partial charge on any atom is 0.341 e. The number of nitrogens with one attached hydrogen (secondary N) is 4. The molecule has 0 radical (unpaired) electrons. The van der Waals surface area contributed by atoms with E-state index in [0.29, 0.717) is 17.1 Å². The summed E-state index contributed by atoms with van der Waals surface area (Å²) in [6.07, 6.45) is 1.68. The molecule has 4 N–H and O–H groups in total. The summed E-state index contributed by atoms with van der Waals surface area (Å²) in [5.74, 6) is -1.15. The van der Waals surface area contributed by atoms with Gasteiger partial charge in [0.2, 0.25) is 11.8 Å². The molecule has 2 atom stereocenters. The predicted octanol–water partition coefficient (Wildman–Crippen LogP) is 3.00. The molecule has 0 saturated heterocycles. The Labute approximate surface area is 172 Å². The van der Waals surface area contributed by atoms with Crippen LogP contribution in [0, 0.1) is 5.92 Å². The Morgan fingerprint density at radius 3 is 2.50 bits per heavy atom. The topological polar surface area (TPSA) is 128 Å². The van der Waals surface area contributed by atoms with Gasteiger partial charge in [-0.1, -0.05) is 12.1 Å². The first-order valence-electron chi connectivity index (χ1n) is 9.38. The van der Waals surface area contributed by atoms with E-state index in [-0.39, 0.29) is 11.8 Å². The zero-order valence-electron chi connectivity index (χ0n) is 16.4. The lowest BCUT2D eigenvalue weighted by Gasteiger charge is -2.30. The quantitative estimate of drug-likeness (QED) is 0.533. The summed E-state index contributed by atoms with van der Waals surface area (Å²) in [6, 6.07) is 11.4. The minimum atomic E-state index is -0.686. The van der Waals surface area contributed by atoms with Crippen LogP contribution in [0.2, 0.25) is 0 Å². The molecule has 152 valence electrons. The second-order valence-corrected chi connectivity index (χ2v) is 7.12. The van der Waals surface area contributed by atoms with Gasteiger partial charge in [0.05, 0.1) is 17.8 Å². The van der Waals surface area contributed by atoms with Crippen LogP contribution in [0.15, 0.2) is 53.7 Å². The Morgan fingerprint density at radius 1 is 1.03 bits per heavy atom. The van der Waals surface area contributed by atoms with E-state index >= 15 is 0 Å². The number of rotatable bonds is 4. The van der Waals surface area contributed by atoms with Gasteiger partial charge >= 0.3 is 6.03 Å². The van der Waals surface area contributed by atoms with E-state index in [4.69, 9.17) is 0 Å². The van der Waals surface area contributed by atoms with Crippen molar-refractivity contribution in [3.8, 4) is 0 Å². The van der Waals surface area contributed by atoms with E-state index in [9.17, 15) is 14.4 Å². The van der Waals surface area contributed by atoms with Crippen LogP contribution in [0.5, 0.6) is 0 Å². The fourth-order valence-corrected chi connectivity index (χ4v) is 3.55. The van der Waals surface area contributed by atoms with Crippen molar-refractivity contribution in [2.75, 3.05) is 10.6 Å². The molecule has 1 aliphatic heterocycles. The van der Waals surface area contributed by atoms with Crippen LogP contribution in [-0.4, -0.2) is 33.8 Å². The van der Waals surface area contributed by atoms with Crippen LogP contribution in [0.4, 0.5) is 16.2 Å². The monoisotopic (exact) mass is 404 g/mol. The lowest BCUT2D eigenvalue weighted by molar-refractivity contribution is -0.118. The van der Waals surface area contributed by atoms with Crippen LogP contribution in [0.3, 0.4) is 0 Å². The van der Waals surface area contributed by atoms with Gasteiger partial charge in [-0.3, -0.25) is 14.7 Å². The minimum absolute atomic E-state index is 0.177. The molecule has 1 aliphatic rings. The molecule has 0 fully saturated rings. The van der Waals surface area contributed by atoms with Gasteiger partial charge in [-0.25, -0.2) is 9.79 Å². The maximum atomic E-state index is 13.1. The third-order valence-corrected chi connectivity index (χ3v) is 4.92. The largest absolute Gasteiger partial charge is 0.341 e. The Morgan fingerprint density at radius 2 is 1.77 bits per heavy atom. The van der Waals surface area contributed by atoms with Crippen molar-refractivity contribution in [2.24, 2.45) is 10.9 Å². The van der Waals surface area contributed by atoms with Crippen molar-refractivity contribution in [1.82, 2.24) is 15.5 Å². The molecule has 30 heavy (non-hydrogen) atoms.